The van der Waals surface area contributed by atoms with Crippen molar-refractivity contribution in [1.82, 2.24) is 4.98 Å². The first kappa shape index (κ1) is 12.5. The predicted molar refractivity (Wildman–Crippen MR) is 68.0 cm³/mol. The molecule has 0 saturated carbocycles. The molecule has 0 aliphatic heterocycles. The summed E-state index contributed by atoms with van der Waals surface area (Å²) in [4.78, 5) is 5.03. The molecule has 1 heterocycles. The normalized spacial score (nSPS) is 12.7. The minimum Gasteiger partial charge on any atom is -0.389 e. The summed E-state index contributed by atoms with van der Waals surface area (Å²) in [5.74, 6) is -0.377. The third-order valence-electron chi connectivity index (χ3n) is 2.23. The van der Waals surface area contributed by atoms with Gasteiger partial charge in [0.15, 0.2) is 4.34 Å². The van der Waals surface area contributed by atoms with Gasteiger partial charge in [-0.1, -0.05) is 17.8 Å². The number of aryl methyl sites for hydroxylation is 1. The highest BCUT2D eigenvalue weighted by molar-refractivity contribution is 8.01. The maximum atomic E-state index is 13.6. The largest absolute Gasteiger partial charge is 0.389 e. The number of halogens is 1. The van der Waals surface area contributed by atoms with Crippen LogP contribution in [0, 0.1) is 12.7 Å². The van der Waals surface area contributed by atoms with Crippen LogP contribution in [-0.4, -0.2) is 10.1 Å². The molecule has 0 radical (unpaired) electrons. The monoisotopic (exact) mass is 269 g/mol. The Hall–Kier alpha value is -0.910. The first-order valence-electron chi connectivity index (χ1n) is 5.14. The number of aromatic nitrogens is 1. The van der Waals surface area contributed by atoms with E-state index in [2.05, 4.69) is 4.98 Å². The predicted octanol–water partition coefficient (Wildman–Crippen LogP) is 3.80. The van der Waals surface area contributed by atoms with Crippen LogP contribution in [0.2, 0.25) is 0 Å². The average molecular weight is 269 g/mol. The van der Waals surface area contributed by atoms with Gasteiger partial charge >= 0.3 is 0 Å². The van der Waals surface area contributed by atoms with E-state index in [1.54, 1.807) is 19.1 Å². The molecular formula is C12H12FNOS2. The quantitative estimate of drug-likeness (QED) is 0.920. The molecule has 17 heavy (non-hydrogen) atoms. The molecule has 2 nitrogen and oxygen atoms in total. The van der Waals surface area contributed by atoms with Crippen molar-refractivity contribution in [2.45, 2.75) is 29.2 Å². The minimum absolute atomic E-state index is 0.338. The van der Waals surface area contributed by atoms with Crippen molar-refractivity contribution in [3.63, 3.8) is 0 Å². The minimum atomic E-state index is -0.820. The van der Waals surface area contributed by atoms with E-state index in [4.69, 9.17) is 0 Å². The van der Waals surface area contributed by atoms with E-state index < -0.39 is 6.10 Å². The van der Waals surface area contributed by atoms with Crippen LogP contribution in [0.1, 0.15) is 24.3 Å². The smallest absolute Gasteiger partial charge is 0.154 e. The van der Waals surface area contributed by atoms with Crippen LogP contribution in [0.25, 0.3) is 0 Å². The molecule has 1 N–H and O–H groups in total. The Bertz CT molecular complexity index is 525. The van der Waals surface area contributed by atoms with Gasteiger partial charge in [-0.3, -0.25) is 0 Å². The molecule has 2 aromatic rings. The number of nitrogens with zero attached hydrogens (tertiary/aromatic N) is 1. The molecule has 1 aromatic heterocycles. The van der Waals surface area contributed by atoms with Crippen molar-refractivity contribution >= 4 is 23.1 Å². The summed E-state index contributed by atoms with van der Waals surface area (Å²) in [5, 5.41) is 11.5. The Kier molecular flexibility index (Phi) is 3.81. The molecule has 5 heteroatoms. The summed E-state index contributed by atoms with van der Waals surface area (Å²) in [5.41, 5.74) is 1.29. The summed E-state index contributed by atoms with van der Waals surface area (Å²) in [6.07, 6.45) is -0.820. The number of aliphatic hydroxyl groups excluding tert-OH is 1. The van der Waals surface area contributed by atoms with Crippen LogP contribution in [0.3, 0.4) is 0 Å². The van der Waals surface area contributed by atoms with Gasteiger partial charge in [0.05, 0.1) is 6.10 Å². The second-order valence-corrected chi connectivity index (χ2v) is 5.83. The topological polar surface area (TPSA) is 33.1 Å². The zero-order valence-electron chi connectivity index (χ0n) is 9.48. The molecule has 0 aliphatic rings. The van der Waals surface area contributed by atoms with Crippen molar-refractivity contribution in [2.75, 3.05) is 0 Å². The highest BCUT2D eigenvalue weighted by Gasteiger charge is 2.15. The lowest BCUT2D eigenvalue weighted by Gasteiger charge is -2.11. The number of hydrogen-bond donors (Lipinski definition) is 1. The van der Waals surface area contributed by atoms with Crippen LogP contribution in [-0.2, 0) is 0 Å². The van der Waals surface area contributed by atoms with E-state index in [9.17, 15) is 9.50 Å². The highest BCUT2D eigenvalue weighted by atomic mass is 32.2. The van der Waals surface area contributed by atoms with Gasteiger partial charge in [0.25, 0.3) is 0 Å². The van der Waals surface area contributed by atoms with Gasteiger partial charge in [-0.15, -0.1) is 11.3 Å². The fourth-order valence-corrected chi connectivity index (χ4v) is 3.51. The molecule has 0 saturated heterocycles. The molecule has 1 aromatic carbocycles. The Labute approximate surface area is 108 Å². The Balaban J connectivity index is 2.35. The summed E-state index contributed by atoms with van der Waals surface area (Å²) < 4.78 is 14.5. The first-order chi connectivity index (χ1) is 8.08. The van der Waals surface area contributed by atoms with Crippen molar-refractivity contribution in [2.24, 2.45) is 0 Å². The first-order valence-corrected chi connectivity index (χ1v) is 6.84. The lowest BCUT2D eigenvalue weighted by atomic mass is 10.1. The number of thiazole rings is 1. The SMILES string of the molecule is Cc1csc(Sc2cccc(F)c2C(C)O)n1. The standard InChI is InChI=1S/C12H12FNOS2/c1-7-6-16-12(14-7)17-10-5-3-4-9(13)11(10)8(2)15/h3-6,8,15H,1-2H3. The summed E-state index contributed by atoms with van der Waals surface area (Å²) in [6.45, 7) is 3.48. The molecule has 0 amide bonds. The Morgan fingerprint density at radius 3 is 2.82 bits per heavy atom. The molecule has 0 spiro atoms. The lowest BCUT2D eigenvalue weighted by molar-refractivity contribution is 0.191. The van der Waals surface area contributed by atoms with Gasteiger partial charge in [-0.2, -0.15) is 0 Å². The van der Waals surface area contributed by atoms with E-state index in [-0.39, 0.29) is 5.82 Å². The Morgan fingerprint density at radius 2 is 2.24 bits per heavy atom. The maximum Gasteiger partial charge on any atom is 0.154 e. The highest BCUT2D eigenvalue weighted by Crippen LogP contribution is 2.36. The van der Waals surface area contributed by atoms with E-state index in [0.717, 1.165) is 10.0 Å². The van der Waals surface area contributed by atoms with Crippen LogP contribution in [0.15, 0.2) is 32.8 Å². The summed E-state index contributed by atoms with van der Waals surface area (Å²) >= 11 is 2.90. The maximum absolute atomic E-state index is 13.6. The van der Waals surface area contributed by atoms with Crippen molar-refractivity contribution in [1.29, 1.82) is 0 Å². The molecular weight excluding hydrogens is 257 g/mol. The molecule has 0 fully saturated rings. The lowest BCUT2D eigenvalue weighted by Crippen LogP contribution is -1.98. The second kappa shape index (κ2) is 5.16. The zero-order valence-corrected chi connectivity index (χ0v) is 11.1. The van der Waals surface area contributed by atoms with Gasteiger partial charge in [0.1, 0.15) is 5.82 Å². The van der Waals surface area contributed by atoms with Crippen molar-refractivity contribution < 1.29 is 9.50 Å². The molecule has 0 aliphatic carbocycles. The average Bonchev–Trinajstić information content (AvgIpc) is 2.63. The molecule has 90 valence electrons. The third-order valence-corrected chi connectivity index (χ3v) is 4.36. The van der Waals surface area contributed by atoms with Gasteiger partial charge in [0.2, 0.25) is 0 Å². The fraction of sp³-hybridized carbons (Fsp3) is 0.250. The number of aliphatic hydroxyl groups is 1. The van der Waals surface area contributed by atoms with Gasteiger partial charge in [0, 0.05) is 21.5 Å². The summed E-state index contributed by atoms with van der Waals surface area (Å²) in [6, 6.07) is 4.80. The van der Waals surface area contributed by atoms with E-state index in [1.165, 1.54) is 29.2 Å². The third kappa shape index (κ3) is 2.86. The molecule has 0 bridgehead atoms. The van der Waals surface area contributed by atoms with Gasteiger partial charge in [-0.05, 0) is 26.0 Å². The number of rotatable bonds is 3. The second-order valence-electron chi connectivity index (χ2n) is 3.68. The van der Waals surface area contributed by atoms with Crippen molar-refractivity contribution in [3.8, 4) is 0 Å². The zero-order chi connectivity index (χ0) is 12.4. The van der Waals surface area contributed by atoms with E-state index in [0.29, 0.717) is 10.5 Å². The van der Waals surface area contributed by atoms with Crippen LogP contribution in [0.5, 0.6) is 0 Å². The molecule has 1 atom stereocenters. The number of hydrogen-bond acceptors (Lipinski definition) is 4. The van der Waals surface area contributed by atoms with E-state index in [1.807, 2.05) is 12.3 Å². The van der Waals surface area contributed by atoms with Crippen molar-refractivity contribution in [3.05, 3.63) is 40.7 Å². The van der Waals surface area contributed by atoms with E-state index >= 15 is 0 Å². The fourth-order valence-electron chi connectivity index (χ4n) is 1.48. The molecule has 1 unspecified atom stereocenters. The molecule has 2 rings (SSSR count). The van der Waals surface area contributed by atoms with Crippen LogP contribution in [0.4, 0.5) is 4.39 Å². The van der Waals surface area contributed by atoms with Gasteiger partial charge < -0.3 is 5.11 Å². The summed E-state index contributed by atoms with van der Waals surface area (Å²) in [7, 11) is 0. The van der Waals surface area contributed by atoms with Crippen LogP contribution < -0.4 is 0 Å². The van der Waals surface area contributed by atoms with Crippen LogP contribution >= 0.6 is 23.1 Å². The Morgan fingerprint density at radius 1 is 1.47 bits per heavy atom. The van der Waals surface area contributed by atoms with Gasteiger partial charge in [-0.25, -0.2) is 9.37 Å². The number of benzene rings is 1.